The van der Waals surface area contributed by atoms with E-state index < -0.39 is 11.9 Å². The molecule has 2 saturated heterocycles. The number of anilines is 3. The highest BCUT2D eigenvalue weighted by Crippen LogP contribution is 2.40. The number of para-hydroxylation sites is 1. The number of hydrogen-bond acceptors (Lipinski definition) is 6. The van der Waals surface area contributed by atoms with E-state index in [1.54, 1.807) is 6.07 Å². The third kappa shape index (κ3) is 3.17. The van der Waals surface area contributed by atoms with Gasteiger partial charge in [-0.3, -0.25) is 19.7 Å². The number of rotatable bonds is 5. The molecule has 0 spiro atoms. The van der Waals surface area contributed by atoms with Crippen molar-refractivity contribution in [3.05, 3.63) is 18.2 Å². The molecule has 8 heteroatoms. The van der Waals surface area contributed by atoms with Crippen LogP contribution in [0.2, 0.25) is 0 Å². The fourth-order valence-electron chi connectivity index (χ4n) is 3.34. The minimum Gasteiger partial charge on any atom is -0.389 e. The van der Waals surface area contributed by atoms with Gasteiger partial charge in [0.1, 0.15) is 6.04 Å². The van der Waals surface area contributed by atoms with Crippen LogP contribution in [0.5, 0.6) is 0 Å². The Labute approximate surface area is 146 Å². The minimum absolute atomic E-state index is 0.204. The molecule has 1 aromatic rings. The molecule has 0 radical (unpaired) electrons. The molecule has 2 heterocycles. The van der Waals surface area contributed by atoms with Gasteiger partial charge in [0.2, 0.25) is 18.2 Å². The average Bonchev–Trinajstić information content (AvgIpc) is 2.54. The Kier molecular flexibility index (Phi) is 4.63. The summed E-state index contributed by atoms with van der Waals surface area (Å²) in [5, 5.41) is 11.9. The smallest absolute Gasteiger partial charge is 0.249 e. The van der Waals surface area contributed by atoms with Crippen molar-refractivity contribution in [3.8, 4) is 0 Å². The van der Waals surface area contributed by atoms with Crippen molar-refractivity contribution in [3.63, 3.8) is 0 Å². The van der Waals surface area contributed by atoms with Crippen LogP contribution >= 0.6 is 0 Å². The number of hydrogen-bond donors (Lipinski definition) is 2. The van der Waals surface area contributed by atoms with Crippen LogP contribution in [0.3, 0.4) is 0 Å². The summed E-state index contributed by atoms with van der Waals surface area (Å²) >= 11 is 0. The number of carbonyl (C=O) groups excluding carboxylic acids is 3. The van der Waals surface area contributed by atoms with Gasteiger partial charge < -0.3 is 19.8 Å². The van der Waals surface area contributed by atoms with Crippen LogP contribution in [0.4, 0.5) is 17.1 Å². The van der Waals surface area contributed by atoms with Crippen molar-refractivity contribution < 1.29 is 19.5 Å². The average molecular weight is 346 g/mol. The second-order valence-electron chi connectivity index (χ2n) is 6.58. The van der Waals surface area contributed by atoms with E-state index in [4.69, 9.17) is 0 Å². The first-order valence-corrected chi connectivity index (χ1v) is 8.23. The SMILES string of the molecule is CN(C)c1c(N2CC(O)C2)cccc1N(C=O)C1CCC(=O)NC1=O. The highest BCUT2D eigenvalue weighted by atomic mass is 16.3. The first-order valence-electron chi connectivity index (χ1n) is 8.23. The number of aliphatic hydroxyl groups excluding tert-OH is 1. The van der Waals surface area contributed by atoms with Crippen LogP contribution in [0, 0.1) is 0 Å². The van der Waals surface area contributed by atoms with E-state index in [2.05, 4.69) is 5.32 Å². The van der Waals surface area contributed by atoms with E-state index in [9.17, 15) is 19.5 Å². The number of carbonyl (C=O) groups is 3. The quantitative estimate of drug-likeness (QED) is 0.562. The standard InChI is InChI=1S/C17H22N4O4/c1-19(2)16-12(20-8-11(23)9-20)4-3-5-13(16)21(10-22)14-6-7-15(24)18-17(14)25/h3-5,10-11,14,23H,6-9H2,1-2H3,(H,18,24,25). The van der Waals surface area contributed by atoms with Gasteiger partial charge in [0.15, 0.2) is 0 Å². The summed E-state index contributed by atoms with van der Waals surface area (Å²) in [7, 11) is 3.73. The number of aliphatic hydroxyl groups is 1. The predicted octanol–water partition coefficient (Wildman–Crippen LogP) is -0.298. The third-order valence-electron chi connectivity index (χ3n) is 4.58. The molecular weight excluding hydrogens is 324 g/mol. The van der Waals surface area contributed by atoms with Gasteiger partial charge in [-0.2, -0.15) is 0 Å². The van der Waals surface area contributed by atoms with Crippen LogP contribution in [0.15, 0.2) is 18.2 Å². The van der Waals surface area contributed by atoms with Crippen LogP contribution in [0.1, 0.15) is 12.8 Å². The zero-order valence-electron chi connectivity index (χ0n) is 14.3. The van der Waals surface area contributed by atoms with Crippen molar-refractivity contribution in [1.29, 1.82) is 0 Å². The number of benzene rings is 1. The molecule has 0 aromatic heterocycles. The van der Waals surface area contributed by atoms with E-state index in [-0.39, 0.29) is 18.4 Å². The van der Waals surface area contributed by atoms with Gasteiger partial charge in [-0.05, 0) is 18.6 Å². The third-order valence-corrected chi connectivity index (χ3v) is 4.58. The van der Waals surface area contributed by atoms with Crippen molar-refractivity contribution in [1.82, 2.24) is 5.32 Å². The van der Waals surface area contributed by atoms with E-state index in [1.165, 1.54) is 4.90 Å². The van der Waals surface area contributed by atoms with Gasteiger partial charge in [-0.15, -0.1) is 0 Å². The van der Waals surface area contributed by atoms with Crippen LogP contribution in [0.25, 0.3) is 0 Å². The topological polar surface area (TPSA) is 93.2 Å². The number of piperidine rings is 1. The zero-order chi connectivity index (χ0) is 18.1. The molecule has 3 amide bonds. The Balaban J connectivity index is 1.99. The number of imide groups is 1. The van der Waals surface area contributed by atoms with Gasteiger partial charge >= 0.3 is 0 Å². The summed E-state index contributed by atoms with van der Waals surface area (Å²) in [4.78, 5) is 40.7. The zero-order valence-corrected chi connectivity index (χ0v) is 14.3. The van der Waals surface area contributed by atoms with Gasteiger partial charge in [0.25, 0.3) is 0 Å². The van der Waals surface area contributed by atoms with Gasteiger partial charge in [-0.1, -0.05) is 6.07 Å². The maximum atomic E-state index is 12.2. The normalized spacial score (nSPS) is 20.8. The fraction of sp³-hybridized carbons (Fsp3) is 0.471. The number of β-amino-alcohol motifs (C(OH)–C–C–N with tert-alkyl or cyclic N) is 1. The molecule has 2 fully saturated rings. The summed E-state index contributed by atoms with van der Waals surface area (Å²) in [5.74, 6) is -0.777. The molecule has 0 bridgehead atoms. The molecular formula is C17H22N4O4. The monoisotopic (exact) mass is 346 g/mol. The number of nitrogens with zero attached hydrogens (tertiary/aromatic N) is 3. The lowest BCUT2D eigenvalue weighted by Crippen LogP contribution is -2.53. The van der Waals surface area contributed by atoms with Crippen LogP contribution in [-0.2, 0) is 14.4 Å². The molecule has 8 nitrogen and oxygen atoms in total. The molecule has 134 valence electrons. The highest BCUT2D eigenvalue weighted by Gasteiger charge is 2.35. The Morgan fingerprint density at radius 2 is 2.00 bits per heavy atom. The largest absolute Gasteiger partial charge is 0.389 e. The Morgan fingerprint density at radius 3 is 2.56 bits per heavy atom. The summed E-state index contributed by atoms with van der Waals surface area (Å²) in [6, 6.07) is 4.82. The van der Waals surface area contributed by atoms with Crippen LogP contribution < -0.4 is 20.0 Å². The Hall–Kier alpha value is -2.61. The minimum atomic E-state index is -0.717. The lowest BCUT2D eigenvalue weighted by atomic mass is 10.0. The number of amides is 3. The lowest BCUT2D eigenvalue weighted by Gasteiger charge is -2.41. The molecule has 25 heavy (non-hydrogen) atoms. The summed E-state index contributed by atoms with van der Waals surface area (Å²) in [6.07, 6.45) is 0.784. The van der Waals surface area contributed by atoms with Crippen molar-refractivity contribution in [2.45, 2.75) is 25.0 Å². The lowest BCUT2D eigenvalue weighted by molar-refractivity contribution is -0.134. The summed E-state index contributed by atoms with van der Waals surface area (Å²) in [5.41, 5.74) is 2.30. The molecule has 1 aromatic carbocycles. The molecule has 2 N–H and O–H groups in total. The number of nitrogens with one attached hydrogen (secondary N) is 1. The second kappa shape index (κ2) is 6.72. The van der Waals surface area contributed by atoms with Gasteiger partial charge in [0.05, 0.1) is 23.2 Å². The van der Waals surface area contributed by atoms with Crippen LogP contribution in [-0.4, -0.2) is 62.7 Å². The predicted molar refractivity (Wildman–Crippen MR) is 93.7 cm³/mol. The Bertz CT molecular complexity index is 700. The maximum absolute atomic E-state index is 12.2. The van der Waals surface area contributed by atoms with E-state index in [1.807, 2.05) is 36.0 Å². The molecule has 3 rings (SSSR count). The molecule has 1 unspecified atom stereocenters. The fourth-order valence-corrected chi connectivity index (χ4v) is 3.34. The maximum Gasteiger partial charge on any atom is 0.249 e. The first kappa shape index (κ1) is 17.2. The molecule has 0 aliphatic carbocycles. The Morgan fingerprint density at radius 1 is 1.28 bits per heavy atom. The summed E-state index contributed by atoms with van der Waals surface area (Å²) in [6.45, 7) is 1.06. The molecule has 2 aliphatic heterocycles. The van der Waals surface area contributed by atoms with E-state index >= 15 is 0 Å². The second-order valence-corrected chi connectivity index (χ2v) is 6.58. The van der Waals surface area contributed by atoms with Crippen molar-refractivity contribution in [2.24, 2.45) is 0 Å². The molecule has 2 aliphatic rings. The molecule has 0 saturated carbocycles. The van der Waals surface area contributed by atoms with Crippen molar-refractivity contribution >= 4 is 35.3 Å². The van der Waals surface area contributed by atoms with Gasteiger partial charge in [-0.25, -0.2) is 0 Å². The van der Waals surface area contributed by atoms with Crippen molar-refractivity contribution in [2.75, 3.05) is 41.9 Å². The highest BCUT2D eigenvalue weighted by molar-refractivity contribution is 6.05. The van der Waals surface area contributed by atoms with E-state index in [0.717, 1.165) is 11.4 Å². The van der Waals surface area contributed by atoms with E-state index in [0.29, 0.717) is 31.6 Å². The summed E-state index contributed by atoms with van der Waals surface area (Å²) < 4.78 is 0. The first-order chi connectivity index (χ1) is 11.9. The van der Waals surface area contributed by atoms with Gasteiger partial charge in [0, 0.05) is 33.6 Å². The molecule has 1 atom stereocenters.